The van der Waals surface area contributed by atoms with Crippen molar-refractivity contribution >= 4 is 56.8 Å². The van der Waals surface area contributed by atoms with E-state index in [2.05, 4.69) is 52.1 Å². The standard InChI is InChI=1S/C47H30BN5/c1-49-36-28-29-43-40(30-36)39-20-9-12-22-42(39)52(43)45-31-46(51-47(50-45)34-26-24-33(25-27-34)32-14-4-2-5-15-32)53-44-23-13-10-19-38(44)37-18-8-11-21-41(37)48(53)35-16-6-3-7-17-35/h2-31H/i24D,25D,26D,27D. The molecule has 3 heterocycles. The van der Waals surface area contributed by atoms with Crippen molar-refractivity contribution in [2.75, 3.05) is 4.81 Å². The minimum absolute atomic E-state index is 0.00537. The number of nitrogens with zero attached hydrogens (tertiary/aromatic N) is 5. The van der Waals surface area contributed by atoms with Gasteiger partial charge in [0.1, 0.15) is 11.6 Å². The Labute approximate surface area is 313 Å². The van der Waals surface area contributed by atoms with Crippen molar-refractivity contribution in [2.45, 2.75) is 0 Å². The molecule has 0 aliphatic carbocycles. The summed E-state index contributed by atoms with van der Waals surface area (Å²) in [7, 11) is 0. The number of hydrogen-bond donors (Lipinski definition) is 0. The maximum absolute atomic E-state index is 9.40. The van der Waals surface area contributed by atoms with Crippen molar-refractivity contribution in [3.8, 4) is 39.5 Å². The quantitative estimate of drug-likeness (QED) is 0.134. The molecule has 0 N–H and O–H groups in total. The summed E-state index contributed by atoms with van der Waals surface area (Å²) in [6, 6.07) is 50.7. The van der Waals surface area contributed by atoms with Crippen LogP contribution in [0.4, 0.5) is 17.2 Å². The van der Waals surface area contributed by atoms with Crippen molar-refractivity contribution in [3.63, 3.8) is 0 Å². The van der Waals surface area contributed by atoms with Crippen LogP contribution >= 0.6 is 0 Å². The summed E-state index contributed by atoms with van der Waals surface area (Å²) in [5, 5.41) is 1.83. The Bertz CT molecular complexity index is 3080. The zero-order valence-electron chi connectivity index (χ0n) is 32.3. The number of anilines is 2. The van der Waals surface area contributed by atoms with Crippen LogP contribution in [0.2, 0.25) is 0 Å². The first kappa shape index (κ1) is 26.6. The Hall–Kier alpha value is -7.23. The zero-order valence-corrected chi connectivity index (χ0v) is 28.3. The van der Waals surface area contributed by atoms with Crippen molar-refractivity contribution < 1.29 is 5.48 Å². The Kier molecular flexibility index (Phi) is 6.28. The molecule has 0 fully saturated rings. The van der Waals surface area contributed by atoms with Gasteiger partial charge in [-0.25, -0.2) is 14.8 Å². The van der Waals surface area contributed by atoms with Crippen molar-refractivity contribution in [1.29, 1.82) is 0 Å². The molecular weight excluding hydrogens is 645 g/mol. The molecular formula is C47H30BN5. The monoisotopic (exact) mass is 679 g/mol. The van der Waals surface area contributed by atoms with Gasteiger partial charge in [0.05, 0.1) is 23.1 Å². The molecule has 0 spiro atoms. The molecule has 5 nitrogen and oxygen atoms in total. The van der Waals surface area contributed by atoms with E-state index in [4.69, 9.17) is 16.5 Å². The van der Waals surface area contributed by atoms with E-state index in [1.165, 1.54) is 0 Å². The molecule has 10 rings (SSSR count). The second kappa shape index (κ2) is 12.5. The Balaban J connectivity index is 1.31. The number of benzene rings is 7. The third-order valence-electron chi connectivity index (χ3n) is 9.95. The molecule has 1 aliphatic rings. The molecule has 7 aromatic carbocycles. The summed E-state index contributed by atoms with van der Waals surface area (Å²) in [6.45, 7) is 7.41. The van der Waals surface area contributed by atoms with Crippen LogP contribution in [0, 0.1) is 6.57 Å². The van der Waals surface area contributed by atoms with Crippen LogP contribution in [0.15, 0.2) is 182 Å². The maximum atomic E-state index is 9.40. The minimum Gasteiger partial charge on any atom is -0.361 e. The molecule has 0 bridgehead atoms. The predicted octanol–water partition coefficient (Wildman–Crippen LogP) is 10.4. The van der Waals surface area contributed by atoms with Gasteiger partial charge in [0.15, 0.2) is 11.5 Å². The highest BCUT2D eigenvalue weighted by atomic mass is 15.2. The van der Waals surface area contributed by atoms with E-state index in [1.54, 1.807) is 18.2 Å². The number of para-hydroxylation sites is 2. The fraction of sp³-hybridized carbons (Fsp3) is 0. The third kappa shape index (κ3) is 5.10. The fourth-order valence-corrected chi connectivity index (χ4v) is 7.61. The van der Waals surface area contributed by atoms with E-state index in [9.17, 15) is 5.48 Å². The first-order valence-electron chi connectivity index (χ1n) is 19.4. The van der Waals surface area contributed by atoms with Crippen LogP contribution in [0.25, 0.3) is 66.1 Å². The lowest BCUT2D eigenvalue weighted by Gasteiger charge is -2.38. The predicted molar refractivity (Wildman–Crippen MR) is 219 cm³/mol. The van der Waals surface area contributed by atoms with Crippen molar-refractivity contribution in [1.82, 2.24) is 14.5 Å². The third-order valence-corrected chi connectivity index (χ3v) is 9.95. The summed E-state index contributed by atoms with van der Waals surface area (Å²) in [6.07, 6.45) is 0. The molecule has 0 saturated carbocycles. The molecule has 6 heteroatoms. The molecule has 0 amide bonds. The summed E-state index contributed by atoms with van der Waals surface area (Å²) in [4.78, 5) is 16.3. The number of rotatable bonds is 5. The molecule has 0 saturated heterocycles. The van der Waals surface area contributed by atoms with E-state index in [-0.39, 0.29) is 48.0 Å². The van der Waals surface area contributed by atoms with Gasteiger partial charge in [-0.05, 0) is 51.8 Å². The SMILES string of the molecule is [2H]c1c([2H])c(-c2nc(N3B(c4ccccc4)c4ccccc4-c4ccccc43)cc(-n3c4ccccc4c4cc([N+]#[C-])ccc43)n2)c([2H])c([2H])c1-c1ccccc1. The highest BCUT2D eigenvalue weighted by molar-refractivity contribution is 6.90. The van der Waals surface area contributed by atoms with E-state index in [0.717, 1.165) is 49.5 Å². The van der Waals surface area contributed by atoms with E-state index in [0.29, 0.717) is 22.9 Å². The lowest BCUT2D eigenvalue weighted by Crippen LogP contribution is -2.57. The molecule has 53 heavy (non-hydrogen) atoms. The number of hydrogen-bond acceptors (Lipinski definition) is 3. The average Bonchev–Trinajstić information content (AvgIpc) is 3.59. The van der Waals surface area contributed by atoms with Crippen LogP contribution in [-0.4, -0.2) is 21.4 Å². The Morgan fingerprint density at radius 1 is 0.547 bits per heavy atom. The second-order valence-electron chi connectivity index (χ2n) is 13.0. The number of aromatic nitrogens is 3. The van der Waals surface area contributed by atoms with Gasteiger partial charge < -0.3 is 4.81 Å². The van der Waals surface area contributed by atoms with Gasteiger partial charge in [0, 0.05) is 28.3 Å². The van der Waals surface area contributed by atoms with Crippen molar-refractivity contribution in [2.24, 2.45) is 0 Å². The molecule has 2 aromatic heterocycles. The smallest absolute Gasteiger partial charge is 0.330 e. The van der Waals surface area contributed by atoms with Crippen LogP contribution in [-0.2, 0) is 0 Å². The molecule has 0 unspecified atom stereocenters. The highest BCUT2D eigenvalue weighted by Crippen LogP contribution is 2.41. The van der Waals surface area contributed by atoms with Crippen LogP contribution < -0.4 is 15.7 Å². The van der Waals surface area contributed by atoms with Crippen LogP contribution in [0.1, 0.15) is 5.48 Å². The average molecular weight is 680 g/mol. The largest absolute Gasteiger partial charge is 0.361 e. The first-order valence-corrected chi connectivity index (χ1v) is 17.4. The van der Waals surface area contributed by atoms with Crippen LogP contribution in [0.5, 0.6) is 0 Å². The normalized spacial score (nSPS) is 13.1. The van der Waals surface area contributed by atoms with Gasteiger partial charge in [0.2, 0.25) is 0 Å². The minimum atomic E-state index is -0.322. The first-order chi connectivity index (χ1) is 27.9. The summed E-state index contributed by atoms with van der Waals surface area (Å²) < 4.78 is 39.2. The second-order valence-corrected chi connectivity index (χ2v) is 13.0. The van der Waals surface area contributed by atoms with Gasteiger partial charge in [-0.3, -0.25) is 4.57 Å². The molecule has 246 valence electrons. The zero-order chi connectivity index (χ0) is 38.8. The maximum Gasteiger partial charge on any atom is 0.330 e. The van der Waals surface area contributed by atoms with Crippen LogP contribution in [0.3, 0.4) is 0 Å². The van der Waals surface area contributed by atoms with Gasteiger partial charge in [-0.2, -0.15) is 0 Å². The molecule has 0 atom stereocenters. The van der Waals surface area contributed by atoms with Gasteiger partial charge in [-0.15, -0.1) is 0 Å². The number of fused-ring (bicyclic) bond motifs is 6. The topological polar surface area (TPSA) is 38.3 Å². The Morgan fingerprint density at radius 2 is 1.19 bits per heavy atom. The summed E-state index contributed by atoms with van der Waals surface area (Å²) in [5.41, 5.74) is 8.20. The van der Waals surface area contributed by atoms with Gasteiger partial charge in [0.25, 0.3) is 0 Å². The highest BCUT2D eigenvalue weighted by Gasteiger charge is 2.38. The summed E-state index contributed by atoms with van der Waals surface area (Å²) >= 11 is 0. The van der Waals surface area contributed by atoms with Gasteiger partial charge in [-0.1, -0.05) is 157 Å². The fourth-order valence-electron chi connectivity index (χ4n) is 7.61. The Morgan fingerprint density at radius 3 is 2.00 bits per heavy atom. The van der Waals surface area contributed by atoms with E-state index < -0.39 is 0 Å². The molecule has 9 aromatic rings. The van der Waals surface area contributed by atoms with E-state index in [1.807, 2.05) is 102 Å². The lowest BCUT2D eigenvalue weighted by atomic mass is 9.46. The lowest BCUT2D eigenvalue weighted by molar-refractivity contribution is 1.04. The molecule has 0 radical (unpaired) electrons. The van der Waals surface area contributed by atoms with Crippen molar-refractivity contribution in [3.05, 3.63) is 193 Å². The summed E-state index contributed by atoms with van der Waals surface area (Å²) in [5.74, 6) is 1.05. The van der Waals surface area contributed by atoms with E-state index >= 15 is 0 Å². The molecule has 1 aliphatic heterocycles. The van der Waals surface area contributed by atoms with Gasteiger partial charge >= 0.3 is 6.85 Å².